The lowest BCUT2D eigenvalue weighted by Crippen LogP contribution is -2.40. The van der Waals surface area contributed by atoms with Crippen molar-refractivity contribution in [2.24, 2.45) is 0 Å². The maximum Gasteiger partial charge on any atom is 0.413 e. The Kier molecular flexibility index (Phi) is 4.62. The number of hydrogen-bond donors (Lipinski definition) is 1. The number of halogens is 3. The summed E-state index contributed by atoms with van der Waals surface area (Å²) in [5, 5.41) is -1.05. The van der Waals surface area contributed by atoms with Gasteiger partial charge in [-0.15, -0.1) is 0 Å². The summed E-state index contributed by atoms with van der Waals surface area (Å²) >= 11 is 0. The summed E-state index contributed by atoms with van der Waals surface area (Å²) in [6, 6.07) is 0. The van der Waals surface area contributed by atoms with Crippen LogP contribution in [0.4, 0.5) is 13.2 Å². The molecule has 0 spiro atoms. The van der Waals surface area contributed by atoms with E-state index in [1.165, 1.54) is 4.89 Å². The van der Waals surface area contributed by atoms with Gasteiger partial charge >= 0.3 is 6.18 Å². The monoisotopic (exact) mass is 311 g/mol. The quantitative estimate of drug-likeness (QED) is 0.737. The van der Waals surface area contributed by atoms with Crippen LogP contribution < -0.4 is 4.89 Å². The molecule has 1 rings (SSSR count). The molecule has 1 heterocycles. The van der Waals surface area contributed by atoms with Crippen molar-refractivity contribution < 1.29 is 34.8 Å². The first-order chi connectivity index (χ1) is 8.02. The van der Waals surface area contributed by atoms with Crippen molar-refractivity contribution in [3.8, 4) is 0 Å². The second-order valence-corrected chi connectivity index (χ2v) is 8.11. The van der Waals surface area contributed by atoms with E-state index in [2.05, 4.69) is 4.84 Å². The van der Waals surface area contributed by atoms with E-state index in [-0.39, 0.29) is 24.3 Å². The standard InChI is InChI=1S/C7H12F3NO5S2/c8-7(9,10)5-16-11-18(14,15)6-1-3-17(12,13)4-2-6/h6,11H,1-5H2. The van der Waals surface area contributed by atoms with Gasteiger partial charge < -0.3 is 0 Å². The van der Waals surface area contributed by atoms with Crippen molar-refractivity contribution in [3.63, 3.8) is 0 Å². The molecule has 0 bridgehead atoms. The lowest BCUT2D eigenvalue weighted by atomic mass is 10.2. The molecule has 0 aromatic carbocycles. The maximum absolute atomic E-state index is 11.7. The molecule has 0 radical (unpaired) electrons. The first-order valence-corrected chi connectivity index (χ1v) is 8.28. The Labute approximate surface area is 102 Å². The highest BCUT2D eigenvalue weighted by molar-refractivity contribution is 7.92. The number of sulfonamides is 1. The van der Waals surface area contributed by atoms with Gasteiger partial charge in [-0.2, -0.15) is 13.2 Å². The molecule has 0 atom stereocenters. The fourth-order valence-corrected chi connectivity index (χ4v) is 4.45. The summed E-state index contributed by atoms with van der Waals surface area (Å²) in [4.78, 5) is 5.23. The van der Waals surface area contributed by atoms with E-state index in [1.54, 1.807) is 0 Å². The van der Waals surface area contributed by atoms with Crippen molar-refractivity contribution in [1.29, 1.82) is 0 Å². The zero-order valence-corrected chi connectivity index (χ0v) is 10.7. The molecule has 108 valence electrons. The van der Waals surface area contributed by atoms with Crippen molar-refractivity contribution in [2.75, 3.05) is 18.1 Å². The van der Waals surface area contributed by atoms with Crippen molar-refractivity contribution >= 4 is 19.9 Å². The Morgan fingerprint density at radius 3 is 2.17 bits per heavy atom. The highest BCUT2D eigenvalue weighted by Gasteiger charge is 2.34. The number of sulfone groups is 1. The first kappa shape index (κ1) is 15.7. The molecule has 1 aliphatic heterocycles. The molecular weight excluding hydrogens is 299 g/mol. The van der Waals surface area contributed by atoms with E-state index >= 15 is 0 Å². The molecule has 1 saturated heterocycles. The lowest BCUT2D eigenvalue weighted by Gasteiger charge is -2.22. The molecule has 1 N–H and O–H groups in total. The molecule has 0 unspecified atom stereocenters. The third-order valence-corrected chi connectivity index (χ3v) is 5.77. The summed E-state index contributed by atoms with van der Waals surface area (Å²) in [6.45, 7) is -1.74. The molecule has 18 heavy (non-hydrogen) atoms. The minimum atomic E-state index is -4.64. The van der Waals surface area contributed by atoms with Crippen LogP contribution in [-0.2, 0) is 24.7 Å². The van der Waals surface area contributed by atoms with Crippen molar-refractivity contribution in [3.05, 3.63) is 0 Å². The Balaban J connectivity index is 2.50. The number of hydrogen-bond acceptors (Lipinski definition) is 5. The third kappa shape index (κ3) is 5.08. The highest BCUT2D eigenvalue weighted by atomic mass is 32.2. The van der Waals surface area contributed by atoms with Crippen LogP contribution in [0.1, 0.15) is 12.8 Å². The highest BCUT2D eigenvalue weighted by Crippen LogP contribution is 2.19. The molecule has 0 amide bonds. The fraction of sp³-hybridized carbons (Fsp3) is 1.00. The molecule has 1 aliphatic rings. The average Bonchev–Trinajstić information content (AvgIpc) is 2.14. The molecule has 0 aromatic heterocycles. The van der Waals surface area contributed by atoms with Crippen LogP contribution in [0.25, 0.3) is 0 Å². The predicted octanol–water partition coefficient (Wildman–Crippen LogP) is -0.0231. The van der Waals surface area contributed by atoms with Gasteiger partial charge in [0.25, 0.3) is 0 Å². The van der Waals surface area contributed by atoms with Gasteiger partial charge in [0.05, 0.1) is 16.8 Å². The Hall–Kier alpha value is -0.390. The predicted molar refractivity (Wildman–Crippen MR) is 55.7 cm³/mol. The fourth-order valence-electron chi connectivity index (χ4n) is 1.44. The van der Waals surface area contributed by atoms with Crippen LogP contribution in [0.15, 0.2) is 0 Å². The van der Waals surface area contributed by atoms with Gasteiger partial charge in [-0.05, 0) is 12.8 Å². The minimum Gasteiger partial charge on any atom is -0.278 e. The molecular formula is C7H12F3NO5S2. The van der Waals surface area contributed by atoms with Gasteiger partial charge in [-0.25, -0.2) is 16.8 Å². The van der Waals surface area contributed by atoms with E-state index in [1.807, 2.05) is 0 Å². The van der Waals surface area contributed by atoms with Gasteiger partial charge in [0.1, 0.15) is 9.84 Å². The van der Waals surface area contributed by atoms with Crippen LogP contribution >= 0.6 is 0 Å². The van der Waals surface area contributed by atoms with Gasteiger partial charge in [-0.1, -0.05) is 4.89 Å². The zero-order valence-electron chi connectivity index (χ0n) is 9.10. The zero-order chi connectivity index (χ0) is 14.0. The largest absolute Gasteiger partial charge is 0.413 e. The molecule has 11 heteroatoms. The van der Waals surface area contributed by atoms with E-state index in [4.69, 9.17) is 0 Å². The molecule has 0 aliphatic carbocycles. The smallest absolute Gasteiger partial charge is 0.278 e. The van der Waals surface area contributed by atoms with E-state index in [0.717, 1.165) is 0 Å². The van der Waals surface area contributed by atoms with Gasteiger partial charge in [0, 0.05) is 0 Å². The van der Waals surface area contributed by atoms with Gasteiger partial charge in [0.15, 0.2) is 6.61 Å². The minimum absolute atomic E-state index is 0.146. The van der Waals surface area contributed by atoms with Gasteiger partial charge in [0.2, 0.25) is 10.0 Å². The summed E-state index contributed by atoms with van der Waals surface area (Å²) in [5.41, 5.74) is 0. The van der Waals surface area contributed by atoms with Crippen LogP contribution in [0.3, 0.4) is 0 Å². The SMILES string of the molecule is O=S1(=O)CCC(S(=O)(=O)NOCC(F)(F)F)CC1. The molecule has 0 aromatic rings. The normalized spacial score (nSPS) is 21.9. The van der Waals surface area contributed by atoms with Crippen LogP contribution in [0, 0.1) is 0 Å². The number of nitrogens with one attached hydrogen (secondary N) is 1. The van der Waals surface area contributed by atoms with E-state index in [0.29, 0.717) is 0 Å². The summed E-state index contributed by atoms with van der Waals surface area (Å²) in [6.07, 6.45) is -4.93. The summed E-state index contributed by atoms with van der Waals surface area (Å²) in [5.74, 6) is -0.588. The molecule has 6 nitrogen and oxygen atoms in total. The second-order valence-electron chi connectivity index (χ2n) is 3.88. The van der Waals surface area contributed by atoms with E-state index < -0.39 is 37.9 Å². The van der Waals surface area contributed by atoms with Crippen molar-refractivity contribution in [2.45, 2.75) is 24.3 Å². The first-order valence-electron chi connectivity index (χ1n) is 4.91. The average molecular weight is 311 g/mol. The van der Waals surface area contributed by atoms with Crippen LogP contribution in [-0.4, -0.2) is 46.4 Å². The Bertz CT molecular complexity index is 470. The van der Waals surface area contributed by atoms with Gasteiger partial charge in [-0.3, -0.25) is 4.84 Å². The molecule has 1 fully saturated rings. The van der Waals surface area contributed by atoms with Crippen LogP contribution in [0.5, 0.6) is 0 Å². The Morgan fingerprint density at radius 2 is 1.72 bits per heavy atom. The summed E-state index contributed by atoms with van der Waals surface area (Å²) in [7, 11) is -7.33. The Morgan fingerprint density at radius 1 is 1.22 bits per heavy atom. The topological polar surface area (TPSA) is 89.5 Å². The van der Waals surface area contributed by atoms with Crippen LogP contribution in [0.2, 0.25) is 0 Å². The lowest BCUT2D eigenvalue weighted by molar-refractivity contribution is -0.181. The molecule has 0 saturated carbocycles. The number of alkyl halides is 3. The maximum atomic E-state index is 11.7. The van der Waals surface area contributed by atoms with E-state index in [9.17, 15) is 30.0 Å². The summed E-state index contributed by atoms with van der Waals surface area (Å²) < 4.78 is 80.3. The number of rotatable bonds is 4. The van der Waals surface area contributed by atoms with Crippen molar-refractivity contribution in [1.82, 2.24) is 4.89 Å². The second kappa shape index (κ2) is 5.31. The third-order valence-electron chi connectivity index (χ3n) is 2.35.